The third-order valence-electron chi connectivity index (χ3n) is 5.27. The van der Waals surface area contributed by atoms with Crippen molar-refractivity contribution in [3.63, 3.8) is 0 Å². The van der Waals surface area contributed by atoms with Gasteiger partial charge in [0.1, 0.15) is 12.2 Å². The van der Waals surface area contributed by atoms with Crippen LogP contribution in [0.15, 0.2) is 48.5 Å². The fraction of sp³-hybridized carbons (Fsp3) is 0.318. The lowest BCUT2D eigenvalue weighted by Crippen LogP contribution is -2.46. The normalized spacial score (nSPS) is 23.5. The maximum absolute atomic E-state index is 12.9. The number of amides is 1. The van der Waals surface area contributed by atoms with Gasteiger partial charge in [-0.2, -0.15) is 18.4 Å². The molecule has 2 fully saturated rings. The van der Waals surface area contributed by atoms with Crippen molar-refractivity contribution in [1.29, 1.82) is 5.26 Å². The van der Waals surface area contributed by atoms with Gasteiger partial charge in [-0.1, -0.05) is 12.1 Å². The van der Waals surface area contributed by atoms with E-state index in [1.165, 1.54) is 12.1 Å². The van der Waals surface area contributed by atoms with Gasteiger partial charge >= 0.3 is 12.3 Å². The van der Waals surface area contributed by atoms with Crippen LogP contribution in [-0.4, -0.2) is 48.8 Å². The number of alkyl halides is 3. The highest BCUT2D eigenvalue weighted by Crippen LogP contribution is 2.31. The Labute approximate surface area is 198 Å². The first-order chi connectivity index (χ1) is 16.2. The molecule has 0 radical (unpaired) electrons. The molecule has 12 heteroatoms. The Balaban J connectivity index is 1.29. The minimum Gasteiger partial charge on any atom is -0.441 e. The van der Waals surface area contributed by atoms with E-state index in [1.54, 1.807) is 24.3 Å². The van der Waals surface area contributed by atoms with Crippen molar-refractivity contribution in [1.82, 2.24) is 5.32 Å². The summed E-state index contributed by atoms with van der Waals surface area (Å²) in [6, 6.07) is 12.8. The summed E-state index contributed by atoms with van der Waals surface area (Å²) in [7, 11) is 0. The average Bonchev–Trinajstić information content (AvgIpc) is 3.37. The molecule has 4 rings (SSSR count). The molecular formula is C22H19F3N4O4S. The molecule has 3 N–H and O–H groups in total. The molecule has 2 aromatic rings. The number of thiocarbonyl (C=S) groups is 1. The summed E-state index contributed by atoms with van der Waals surface area (Å²) in [6.07, 6.45) is -7.19. The molecule has 0 bridgehead atoms. The minimum atomic E-state index is -4.53. The van der Waals surface area contributed by atoms with Gasteiger partial charge in [0, 0.05) is 11.4 Å². The van der Waals surface area contributed by atoms with Crippen LogP contribution in [0, 0.1) is 11.3 Å². The maximum atomic E-state index is 12.9. The quantitative estimate of drug-likeness (QED) is 0.556. The number of hydrogen-bond donors (Lipinski definition) is 3. The first kappa shape index (κ1) is 23.7. The molecule has 0 aromatic heterocycles. The fourth-order valence-electron chi connectivity index (χ4n) is 3.75. The number of halogens is 3. The largest absolute Gasteiger partial charge is 0.441 e. The van der Waals surface area contributed by atoms with E-state index in [4.69, 9.17) is 31.7 Å². The van der Waals surface area contributed by atoms with Crippen molar-refractivity contribution in [2.45, 2.75) is 30.5 Å². The number of nitriles is 1. The highest BCUT2D eigenvalue weighted by Gasteiger charge is 2.49. The minimum absolute atomic E-state index is 0.0425. The maximum Gasteiger partial charge on any atom is 0.416 e. The molecule has 2 aliphatic heterocycles. The van der Waals surface area contributed by atoms with E-state index in [0.29, 0.717) is 16.4 Å². The predicted molar refractivity (Wildman–Crippen MR) is 119 cm³/mol. The van der Waals surface area contributed by atoms with E-state index in [0.717, 1.165) is 12.1 Å². The molecular weight excluding hydrogens is 473 g/mol. The molecule has 178 valence electrons. The molecule has 2 saturated heterocycles. The van der Waals surface area contributed by atoms with Crippen molar-refractivity contribution in [3.05, 3.63) is 59.7 Å². The number of ether oxygens (including phenoxy) is 3. The van der Waals surface area contributed by atoms with Crippen LogP contribution in [0.5, 0.6) is 0 Å². The molecule has 1 amide bonds. The first-order valence-electron chi connectivity index (χ1n) is 10.2. The molecule has 4 unspecified atom stereocenters. The molecule has 0 saturated carbocycles. The van der Waals surface area contributed by atoms with Gasteiger partial charge in [0.15, 0.2) is 11.2 Å². The Morgan fingerprint density at radius 3 is 2.50 bits per heavy atom. The predicted octanol–water partition coefficient (Wildman–Crippen LogP) is 3.65. The van der Waals surface area contributed by atoms with Crippen molar-refractivity contribution >= 4 is 34.8 Å². The van der Waals surface area contributed by atoms with E-state index in [1.807, 2.05) is 6.07 Å². The number of nitrogens with zero attached hydrogens (tertiary/aromatic N) is 1. The zero-order valence-electron chi connectivity index (χ0n) is 17.5. The summed E-state index contributed by atoms with van der Waals surface area (Å²) < 4.78 is 55.4. The molecule has 4 atom stereocenters. The molecule has 8 nitrogen and oxygen atoms in total. The van der Waals surface area contributed by atoms with Gasteiger partial charge in [-0.05, 0) is 48.6 Å². The summed E-state index contributed by atoms with van der Waals surface area (Å²) in [5.74, 6) is 0. The van der Waals surface area contributed by atoms with E-state index in [-0.39, 0.29) is 24.9 Å². The number of carbonyl (C=O) groups is 1. The van der Waals surface area contributed by atoms with Gasteiger partial charge < -0.3 is 24.8 Å². The first-order valence-corrected chi connectivity index (χ1v) is 10.6. The number of benzene rings is 2. The third-order valence-corrected chi connectivity index (χ3v) is 5.49. The Kier molecular flexibility index (Phi) is 6.87. The SMILES string of the molecule is N#Cc1cccc(NC(=S)NC2COC3C(OC(=O)Nc4cccc(C(F)(F)F)c4)COC23)c1. The monoisotopic (exact) mass is 492 g/mol. The van der Waals surface area contributed by atoms with Crippen LogP contribution in [0.1, 0.15) is 11.1 Å². The lowest BCUT2D eigenvalue weighted by atomic mass is 10.1. The Morgan fingerprint density at radius 2 is 1.76 bits per heavy atom. The van der Waals surface area contributed by atoms with Crippen LogP contribution in [0.25, 0.3) is 0 Å². The standard InChI is InChI=1S/C22H19F3N4O4S/c23-22(24,25)13-4-2-6-15(8-13)28-21(30)33-17-11-32-18-16(10-31-19(17)18)29-20(34)27-14-5-1-3-12(7-14)9-26/h1-8,16-19H,10-11H2,(H,28,30)(H2,27,29,34). The van der Waals surface area contributed by atoms with Crippen molar-refractivity contribution < 1.29 is 32.2 Å². The summed E-state index contributed by atoms with van der Waals surface area (Å²) in [5.41, 5.74) is 0.206. The third kappa shape index (κ3) is 5.56. The lowest BCUT2D eigenvalue weighted by Gasteiger charge is -2.20. The van der Waals surface area contributed by atoms with Gasteiger partial charge in [0.2, 0.25) is 0 Å². The Bertz CT molecular complexity index is 1120. The van der Waals surface area contributed by atoms with E-state index in [9.17, 15) is 18.0 Å². The molecule has 0 spiro atoms. The zero-order valence-corrected chi connectivity index (χ0v) is 18.3. The van der Waals surface area contributed by atoms with Gasteiger partial charge in [0.05, 0.1) is 36.5 Å². The second kappa shape index (κ2) is 9.84. The molecule has 34 heavy (non-hydrogen) atoms. The Hall–Kier alpha value is -3.40. The lowest BCUT2D eigenvalue weighted by molar-refractivity contribution is -0.137. The fourth-order valence-corrected chi connectivity index (χ4v) is 4.02. The summed E-state index contributed by atoms with van der Waals surface area (Å²) in [5, 5.41) is 17.7. The Morgan fingerprint density at radius 1 is 1.06 bits per heavy atom. The van der Waals surface area contributed by atoms with E-state index in [2.05, 4.69) is 16.0 Å². The van der Waals surface area contributed by atoms with Crippen molar-refractivity contribution in [3.8, 4) is 6.07 Å². The van der Waals surface area contributed by atoms with Gasteiger partial charge in [-0.15, -0.1) is 0 Å². The number of carbonyl (C=O) groups excluding carboxylic acids is 1. The number of fused-ring (bicyclic) bond motifs is 1. The van der Waals surface area contributed by atoms with Gasteiger partial charge in [-0.3, -0.25) is 5.32 Å². The highest BCUT2D eigenvalue weighted by molar-refractivity contribution is 7.80. The highest BCUT2D eigenvalue weighted by atomic mass is 32.1. The molecule has 2 aliphatic rings. The van der Waals surface area contributed by atoms with Crippen molar-refractivity contribution in [2.75, 3.05) is 23.8 Å². The van der Waals surface area contributed by atoms with Crippen molar-refractivity contribution in [2.24, 2.45) is 0 Å². The molecule has 0 aliphatic carbocycles. The molecule has 2 heterocycles. The van der Waals surface area contributed by atoms with Crippen LogP contribution in [0.3, 0.4) is 0 Å². The van der Waals surface area contributed by atoms with Crippen LogP contribution >= 0.6 is 12.2 Å². The summed E-state index contributed by atoms with van der Waals surface area (Å²) in [4.78, 5) is 12.2. The van der Waals surface area contributed by atoms with Crippen LogP contribution in [-0.2, 0) is 20.4 Å². The smallest absolute Gasteiger partial charge is 0.416 e. The number of rotatable bonds is 4. The van der Waals surface area contributed by atoms with E-state index < -0.39 is 36.1 Å². The van der Waals surface area contributed by atoms with Crippen LogP contribution in [0.2, 0.25) is 0 Å². The topological polar surface area (TPSA) is 105 Å². The van der Waals surface area contributed by atoms with Gasteiger partial charge in [0.25, 0.3) is 0 Å². The van der Waals surface area contributed by atoms with Crippen LogP contribution in [0.4, 0.5) is 29.3 Å². The second-order valence-corrected chi connectivity index (χ2v) is 8.05. The number of anilines is 2. The van der Waals surface area contributed by atoms with Crippen LogP contribution < -0.4 is 16.0 Å². The second-order valence-electron chi connectivity index (χ2n) is 7.64. The number of nitrogens with one attached hydrogen (secondary N) is 3. The average molecular weight is 492 g/mol. The molecule has 2 aromatic carbocycles. The zero-order chi connectivity index (χ0) is 24.3. The summed E-state index contributed by atoms with van der Waals surface area (Å²) in [6.45, 7) is 0.304. The number of hydrogen-bond acceptors (Lipinski definition) is 6. The summed E-state index contributed by atoms with van der Waals surface area (Å²) >= 11 is 5.33. The van der Waals surface area contributed by atoms with E-state index >= 15 is 0 Å². The van der Waals surface area contributed by atoms with Gasteiger partial charge in [-0.25, -0.2) is 4.79 Å².